The monoisotopic (exact) mass is 465 g/mol. The number of benzene rings is 3. The first-order chi connectivity index (χ1) is 16.6. The third-order valence-electron chi connectivity index (χ3n) is 8.03. The number of hydrogen-bond acceptors (Lipinski definition) is 1. The van der Waals surface area contributed by atoms with E-state index in [0.29, 0.717) is 5.56 Å². The molecular weight excluding hydrogens is 426 g/mol. The van der Waals surface area contributed by atoms with Crippen LogP contribution in [-0.2, 0) is 12.8 Å². The van der Waals surface area contributed by atoms with Crippen LogP contribution in [0.5, 0.6) is 0 Å². The predicted molar refractivity (Wildman–Crippen MR) is 148 cm³/mol. The lowest BCUT2D eigenvalue weighted by atomic mass is 9.92. The fraction of sp³-hybridized carbons (Fsp3) is 0.406. The lowest BCUT2D eigenvalue weighted by molar-refractivity contribution is 0.594. The van der Waals surface area contributed by atoms with E-state index in [1.807, 2.05) is 24.3 Å². The van der Waals surface area contributed by atoms with Gasteiger partial charge in [-0.15, -0.1) is 0 Å². The van der Waals surface area contributed by atoms with Gasteiger partial charge < -0.3 is 0 Å². The molecule has 0 N–H and O–H groups in total. The Kier molecular flexibility index (Phi) is 8.41. The summed E-state index contributed by atoms with van der Waals surface area (Å²) in [5.41, 5.74) is 7.45. The van der Waals surface area contributed by atoms with E-state index in [1.54, 1.807) is 11.6 Å². The number of rotatable bonds is 9. The molecular formula is C32H39NSi. The van der Waals surface area contributed by atoms with Gasteiger partial charge in [-0.3, -0.25) is 0 Å². The van der Waals surface area contributed by atoms with Crippen LogP contribution in [0.3, 0.4) is 0 Å². The molecule has 0 amide bonds. The van der Waals surface area contributed by atoms with Crippen molar-refractivity contribution in [2.75, 3.05) is 0 Å². The van der Waals surface area contributed by atoms with Crippen LogP contribution in [0.25, 0.3) is 11.1 Å². The average molecular weight is 466 g/mol. The molecule has 1 aliphatic heterocycles. The maximum Gasteiger partial charge on any atom is 0.0991 e. The van der Waals surface area contributed by atoms with Gasteiger partial charge in [0, 0.05) is 0 Å². The molecule has 3 aromatic carbocycles. The van der Waals surface area contributed by atoms with Crippen molar-refractivity contribution in [1.82, 2.24) is 0 Å². The molecule has 34 heavy (non-hydrogen) atoms. The molecule has 0 bridgehead atoms. The summed E-state index contributed by atoms with van der Waals surface area (Å²) in [6.45, 7) is 4.98. The number of nitriles is 1. The van der Waals surface area contributed by atoms with Gasteiger partial charge in [0.2, 0.25) is 0 Å². The van der Waals surface area contributed by atoms with Crippen molar-refractivity contribution in [3.63, 3.8) is 0 Å². The minimum absolute atomic E-state index is 0.706. The Bertz CT molecular complexity index is 1070. The molecule has 0 aromatic heterocycles. The zero-order valence-corrected chi connectivity index (χ0v) is 22.0. The Labute approximate surface area is 207 Å². The maximum absolute atomic E-state index is 8.97. The SMILES string of the molecule is CCCCC[Si]1(C)CCC(c2ccc(CCc3ccc(-c4ccc(C#N)cc4)cc3)cc2)CC1. The van der Waals surface area contributed by atoms with Gasteiger partial charge >= 0.3 is 0 Å². The summed E-state index contributed by atoms with van der Waals surface area (Å²) >= 11 is 0. The fourth-order valence-corrected chi connectivity index (χ4v) is 9.49. The van der Waals surface area contributed by atoms with Crippen molar-refractivity contribution in [3.8, 4) is 17.2 Å². The van der Waals surface area contributed by atoms with Crippen LogP contribution in [0, 0.1) is 11.3 Å². The molecule has 0 spiro atoms. The first kappa shape index (κ1) is 24.5. The molecule has 0 saturated carbocycles. The zero-order chi connectivity index (χ0) is 23.8. The molecule has 3 aromatic rings. The molecule has 4 rings (SSSR count). The molecule has 1 saturated heterocycles. The van der Waals surface area contributed by atoms with Crippen LogP contribution in [0.15, 0.2) is 72.8 Å². The second kappa shape index (κ2) is 11.7. The van der Waals surface area contributed by atoms with E-state index in [9.17, 15) is 0 Å². The van der Waals surface area contributed by atoms with Gasteiger partial charge in [-0.1, -0.05) is 112 Å². The third-order valence-corrected chi connectivity index (χ3v) is 12.6. The van der Waals surface area contributed by atoms with Gasteiger partial charge in [-0.2, -0.15) is 5.26 Å². The standard InChI is InChI=1S/C32H39NSi/c1-3-4-5-22-34(2)23-20-32(21-24-34)31-16-10-27(11-17-31)7-6-26-8-14-29(15-9-26)30-18-12-28(25-33)13-19-30/h8-19,32H,3-7,20-24H2,1-2H3. The molecule has 0 atom stereocenters. The summed E-state index contributed by atoms with van der Waals surface area (Å²) in [5, 5.41) is 8.97. The molecule has 2 heteroatoms. The van der Waals surface area contributed by atoms with Crippen molar-refractivity contribution in [3.05, 3.63) is 95.1 Å². The highest BCUT2D eigenvalue weighted by atomic mass is 28.3. The number of nitrogens with zero attached hydrogens (tertiary/aromatic N) is 1. The summed E-state index contributed by atoms with van der Waals surface area (Å²) in [7, 11) is -0.953. The van der Waals surface area contributed by atoms with Gasteiger partial charge in [-0.05, 0) is 71.6 Å². The first-order valence-electron chi connectivity index (χ1n) is 13.3. The number of unbranched alkanes of at least 4 members (excludes halogenated alkanes) is 2. The lowest BCUT2D eigenvalue weighted by Crippen LogP contribution is -2.34. The lowest BCUT2D eigenvalue weighted by Gasteiger charge is -2.36. The molecule has 0 radical (unpaired) electrons. The van der Waals surface area contributed by atoms with E-state index in [2.05, 4.69) is 68.1 Å². The van der Waals surface area contributed by atoms with E-state index in [0.717, 1.165) is 24.3 Å². The van der Waals surface area contributed by atoms with Crippen molar-refractivity contribution >= 4 is 8.07 Å². The Hall–Kier alpha value is -2.63. The molecule has 1 heterocycles. The van der Waals surface area contributed by atoms with Crippen molar-refractivity contribution in [2.24, 2.45) is 0 Å². The Morgan fingerprint density at radius 2 is 1.29 bits per heavy atom. The Morgan fingerprint density at radius 3 is 1.82 bits per heavy atom. The van der Waals surface area contributed by atoms with Crippen LogP contribution < -0.4 is 0 Å². The topological polar surface area (TPSA) is 23.8 Å². The van der Waals surface area contributed by atoms with Gasteiger partial charge in [0.25, 0.3) is 0 Å². The molecule has 0 unspecified atom stereocenters. The second-order valence-electron chi connectivity index (χ2n) is 10.7. The summed E-state index contributed by atoms with van der Waals surface area (Å²) in [6, 6.07) is 33.0. The normalized spacial score (nSPS) is 20.1. The minimum Gasteiger partial charge on any atom is -0.192 e. The summed E-state index contributed by atoms with van der Waals surface area (Å²) in [6.07, 6.45) is 9.23. The van der Waals surface area contributed by atoms with Gasteiger partial charge in [-0.25, -0.2) is 0 Å². The number of hydrogen-bond donors (Lipinski definition) is 0. The summed E-state index contributed by atoms with van der Waals surface area (Å²) < 4.78 is 0. The zero-order valence-electron chi connectivity index (χ0n) is 21.0. The van der Waals surface area contributed by atoms with Crippen LogP contribution in [0.1, 0.15) is 67.2 Å². The van der Waals surface area contributed by atoms with Crippen LogP contribution in [-0.4, -0.2) is 8.07 Å². The highest BCUT2D eigenvalue weighted by Crippen LogP contribution is 2.41. The second-order valence-corrected chi connectivity index (χ2v) is 15.8. The van der Waals surface area contributed by atoms with Crippen LogP contribution in [0.4, 0.5) is 0 Å². The molecule has 1 aliphatic rings. The molecule has 0 aliphatic carbocycles. The summed E-state index contributed by atoms with van der Waals surface area (Å²) in [5.74, 6) is 0.788. The van der Waals surface area contributed by atoms with E-state index in [-0.39, 0.29) is 0 Å². The van der Waals surface area contributed by atoms with Crippen molar-refractivity contribution < 1.29 is 0 Å². The highest BCUT2D eigenvalue weighted by Gasteiger charge is 2.32. The number of aryl methyl sites for hydroxylation is 2. The average Bonchev–Trinajstić information content (AvgIpc) is 2.89. The van der Waals surface area contributed by atoms with Crippen LogP contribution >= 0.6 is 0 Å². The van der Waals surface area contributed by atoms with Crippen molar-refractivity contribution in [1.29, 1.82) is 5.26 Å². The van der Waals surface area contributed by atoms with Gasteiger partial charge in [0.05, 0.1) is 19.7 Å². The third kappa shape index (κ3) is 6.48. The van der Waals surface area contributed by atoms with E-state index < -0.39 is 8.07 Å². The quantitative estimate of drug-likeness (QED) is 0.228. The molecule has 1 fully saturated rings. The largest absolute Gasteiger partial charge is 0.192 e. The summed E-state index contributed by atoms with van der Waals surface area (Å²) in [4.78, 5) is 0. The van der Waals surface area contributed by atoms with E-state index >= 15 is 0 Å². The Morgan fingerprint density at radius 1 is 0.765 bits per heavy atom. The smallest absolute Gasteiger partial charge is 0.0991 e. The predicted octanol–water partition coefficient (Wildman–Crippen LogP) is 9.16. The van der Waals surface area contributed by atoms with E-state index in [1.165, 1.54) is 60.9 Å². The fourth-order valence-electron chi connectivity index (χ4n) is 5.55. The minimum atomic E-state index is -0.953. The van der Waals surface area contributed by atoms with Gasteiger partial charge in [0.15, 0.2) is 0 Å². The van der Waals surface area contributed by atoms with Crippen molar-refractivity contribution in [2.45, 2.75) is 82.5 Å². The van der Waals surface area contributed by atoms with Crippen LogP contribution in [0.2, 0.25) is 24.7 Å². The Balaban J connectivity index is 1.27. The molecule has 176 valence electrons. The molecule has 1 nitrogen and oxygen atoms in total. The highest BCUT2D eigenvalue weighted by molar-refractivity contribution is 6.78. The maximum atomic E-state index is 8.97. The van der Waals surface area contributed by atoms with Gasteiger partial charge in [0.1, 0.15) is 0 Å². The first-order valence-corrected chi connectivity index (χ1v) is 16.4. The van der Waals surface area contributed by atoms with E-state index in [4.69, 9.17) is 5.26 Å².